The third kappa shape index (κ3) is 3.23. The molecule has 1 heterocycles. The highest BCUT2D eigenvalue weighted by Gasteiger charge is 2.04. The molecule has 0 amide bonds. The molecule has 0 radical (unpaired) electrons. The van der Waals surface area contributed by atoms with E-state index < -0.39 is 5.97 Å². The zero-order valence-electron chi connectivity index (χ0n) is 7.49. The summed E-state index contributed by atoms with van der Waals surface area (Å²) in [5.41, 5.74) is 0. The summed E-state index contributed by atoms with van der Waals surface area (Å²) in [4.78, 5) is 10.2. The lowest BCUT2D eigenvalue weighted by molar-refractivity contribution is -0.137. The SMILES string of the molecule is CCc1nnc(CCCC(=O)O)o1. The minimum atomic E-state index is -0.796. The van der Waals surface area contributed by atoms with Crippen molar-refractivity contribution < 1.29 is 14.3 Å². The number of aromatic nitrogens is 2. The molecule has 1 N–H and O–H groups in total. The molecule has 0 spiro atoms. The number of nitrogens with zero attached hydrogens (tertiary/aromatic N) is 2. The van der Waals surface area contributed by atoms with E-state index in [2.05, 4.69) is 10.2 Å². The van der Waals surface area contributed by atoms with Gasteiger partial charge in [0.05, 0.1) is 0 Å². The van der Waals surface area contributed by atoms with Crippen molar-refractivity contribution in [2.75, 3.05) is 0 Å². The summed E-state index contributed by atoms with van der Waals surface area (Å²) in [5.74, 6) is 0.332. The van der Waals surface area contributed by atoms with Crippen LogP contribution >= 0.6 is 0 Å². The highest BCUT2D eigenvalue weighted by atomic mass is 16.4. The lowest BCUT2D eigenvalue weighted by Crippen LogP contribution is -1.95. The summed E-state index contributed by atoms with van der Waals surface area (Å²) < 4.78 is 5.20. The fourth-order valence-corrected chi connectivity index (χ4v) is 0.923. The van der Waals surface area contributed by atoms with Gasteiger partial charge in [-0.2, -0.15) is 0 Å². The summed E-state index contributed by atoms with van der Waals surface area (Å²) in [7, 11) is 0. The van der Waals surface area contributed by atoms with Crippen LogP contribution in [0, 0.1) is 0 Å². The molecule has 0 aliphatic rings. The first kappa shape index (κ1) is 9.70. The molecule has 13 heavy (non-hydrogen) atoms. The van der Waals surface area contributed by atoms with Crippen LogP contribution in [-0.2, 0) is 17.6 Å². The van der Waals surface area contributed by atoms with Gasteiger partial charge in [0.2, 0.25) is 11.8 Å². The molecule has 72 valence electrons. The van der Waals surface area contributed by atoms with Gasteiger partial charge >= 0.3 is 5.97 Å². The smallest absolute Gasteiger partial charge is 0.303 e. The van der Waals surface area contributed by atoms with Crippen LogP contribution in [0.3, 0.4) is 0 Å². The van der Waals surface area contributed by atoms with Gasteiger partial charge in [0.1, 0.15) is 0 Å². The predicted octanol–water partition coefficient (Wildman–Crippen LogP) is 1.04. The molecule has 0 saturated carbocycles. The summed E-state index contributed by atoms with van der Waals surface area (Å²) in [6.45, 7) is 1.93. The maximum atomic E-state index is 10.2. The number of rotatable bonds is 5. The average molecular weight is 184 g/mol. The third-order valence-corrected chi connectivity index (χ3v) is 1.59. The Bertz CT molecular complexity index is 283. The maximum absolute atomic E-state index is 10.2. The highest BCUT2D eigenvalue weighted by molar-refractivity contribution is 5.66. The van der Waals surface area contributed by atoms with E-state index in [4.69, 9.17) is 9.52 Å². The van der Waals surface area contributed by atoms with Crippen LogP contribution in [0.4, 0.5) is 0 Å². The van der Waals surface area contributed by atoms with Gasteiger partial charge in [-0.3, -0.25) is 4.79 Å². The summed E-state index contributed by atoms with van der Waals surface area (Å²) in [5, 5.41) is 15.9. The van der Waals surface area contributed by atoms with Crippen molar-refractivity contribution in [3.05, 3.63) is 11.8 Å². The molecular weight excluding hydrogens is 172 g/mol. The van der Waals surface area contributed by atoms with E-state index in [1.54, 1.807) is 0 Å². The van der Waals surface area contributed by atoms with E-state index in [0.29, 0.717) is 31.0 Å². The molecule has 1 aromatic rings. The van der Waals surface area contributed by atoms with E-state index in [1.807, 2.05) is 6.92 Å². The van der Waals surface area contributed by atoms with Crippen molar-refractivity contribution in [1.29, 1.82) is 0 Å². The van der Waals surface area contributed by atoms with E-state index in [-0.39, 0.29) is 6.42 Å². The Hall–Kier alpha value is -1.39. The van der Waals surface area contributed by atoms with Crippen LogP contribution in [0.15, 0.2) is 4.42 Å². The second kappa shape index (κ2) is 4.59. The Morgan fingerprint density at radius 3 is 2.69 bits per heavy atom. The van der Waals surface area contributed by atoms with Crippen LogP contribution in [0.5, 0.6) is 0 Å². The van der Waals surface area contributed by atoms with Gasteiger partial charge in [-0.05, 0) is 6.42 Å². The van der Waals surface area contributed by atoms with Crippen molar-refractivity contribution in [2.24, 2.45) is 0 Å². The highest BCUT2D eigenvalue weighted by Crippen LogP contribution is 2.04. The zero-order valence-corrected chi connectivity index (χ0v) is 7.49. The molecule has 1 rings (SSSR count). The predicted molar refractivity (Wildman–Crippen MR) is 44.2 cm³/mol. The zero-order chi connectivity index (χ0) is 9.68. The Morgan fingerprint density at radius 1 is 1.46 bits per heavy atom. The maximum Gasteiger partial charge on any atom is 0.303 e. The minimum absolute atomic E-state index is 0.143. The van der Waals surface area contributed by atoms with Crippen molar-refractivity contribution in [2.45, 2.75) is 32.6 Å². The Labute approximate surface area is 75.8 Å². The topological polar surface area (TPSA) is 76.2 Å². The molecule has 0 fully saturated rings. The fraction of sp³-hybridized carbons (Fsp3) is 0.625. The van der Waals surface area contributed by atoms with Crippen molar-refractivity contribution in [3.63, 3.8) is 0 Å². The molecule has 0 aliphatic carbocycles. The van der Waals surface area contributed by atoms with Crippen molar-refractivity contribution >= 4 is 5.97 Å². The molecular formula is C8H12N2O3. The van der Waals surface area contributed by atoms with E-state index in [9.17, 15) is 4.79 Å². The van der Waals surface area contributed by atoms with Crippen LogP contribution in [-0.4, -0.2) is 21.3 Å². The van der Waals surface area contributed by atoms with Gasteiger partial charge in [-0.25, -0.2) is 0 Å². The first-order valence-electron chi connectivity index (χ1n) is 4.25. The minimum Gasteiger partial charge on any atom is -0.481 e. The van der Waals surface area contributed by atoms with Crippen molar-refractivity contribution in [1.82, 2.24) is 10.2 Å². The molecule has 0 aromatic carbocycles. The number of carboxylic acid groups (broad SMARTS) is 1. The first-order valence-corrected chi connectivity index (χ1v) is 4.25. The third-order valence-electron chi connectivity index (χ3n) is 1.59. The normalized spacial score (nSPS) is 10.2. The van der Waals surface area contributed by atoms with E-state index >= 15 is 0 Å². The number of hydrogen-bond donors (Lipinski definition) is 1. The quantitative estimate of drug-likeness (QED) is 0.739. The van der Waals surface area contributed by atoms with Crippen LogP contribution in [0.2, 0.25) is 0 Å². The van der Waals surface area contributed by atoms with Gasteiger partial charge in [0.15, 0.2) is 0 Å². The lowest BCUT2D eigenvalue weighted by Gasteiger charge is -1.91. The van der Waals surface area contributed by atoms with Crippen LogP contribution in [0.25, 0.3) is 0 Å². The second-order valence-electron chi connectivity index (χ2n) is 2.69. The first-order chi connectivity index (χ1) is 6.22. The molecule has 0 bridgehead atoms. The second-order valence-corrected chi connectivity index (χ2v) is 2.69. The van der Waals surface area contributed by atoms with E-state index in [1.165, 1.54) is 0 Å². The fourth-order valence-electron chi connectivity index (χ4n) is 0.923. The molecule has 5 heteroatoms. The Morgan fingerprint density at radius 2 is 2.15 bits per heavy atom. The largest absolute Gasteiger partial charge is 0.481 e. The molecule has 5 nitrogen and oxygen atoms in total. The number of carbonyl (C=O) groups is 1. The van der Waals surface area contributed by atoms with E-state index in [0.717, 1.165) is 0 Å². The number of carboxylic acids is 1. The van der Waals surface area contributed by atoms with Gasteiger partial charge < -0.3 is 9.52 Å². The summed E-state index contributed by atoms with van der Waals surface area (Å²) >= 11 is 0. The summed E-state index contributed by atoms with van der Waals surface area (Å²) in [6.07, 6.45) is 1.94. The van der Waals surface area contributed by atoms with Crippen molar-refractivity contribution in [3.8, 4) is 0 Å². The van der Waals surface area contributed by atoms with Gasteiger partial charge in [-0.15, -0.1) is 10.2 Å². The Balaban J connectivity index is 2.32. The molecule has 0 saturated heterocycles. The van der Waals surface area contributed by atoms with Crippen LogP contribution < -0.4 is 0 Å². The number of aryl methyl sites for hydroxylation is 2. The average Bonchev–Trinajstić information content (AvgIpc) is 2.52. The molecule has 0 atom stereocenters. The number of aliphatic carboxylic acids is 1. The monoisotopic (exact) mass is 184 g/mol. The lowest BCUT2D eigenvalue weighted by atomic mass is 10.2. The Kier molecular flexibility index (Phi) is 3.42. The molecule has 0 aliphatic heterocycles. The van der Waals surface area contributed by atoms with Gasteiger partial charge in [0, 0.05) is 19.3 Å². The van der Waals surface area contributed by atoms with Gasteiger partial charge in [-0.1, -0.05) is 6.92 Å². The summed E-state index contributed by atoms with van der Waals surface area (Å²) in [6, 6.07) is 0. The standard InChI is InChI=1S/C8H12N2O3/c1-2-6-9-10-7(13-6)4-3-5-8(11)12/h2-5H2,1H3,(H,11,12). The van der Waals surface area contributed by atoms with Gasteiger partial charge in [0.25, 0.3) is 0 Å². The number of hydrogen-bond acceptors (Lipinski definition) is 4. The molecule has 0 unspecified atom stereocenters. The van der Waals surface area contributed by atoms with Crippen LogP contribution in [0.1, 0.15) is 31.5 Å². The molecule has 1 aromatic heterocycles.